The first-order valence-electron chi connectivity index (χ1n) is 52.8. The molecular weight excluding hydrogens is 1620 g/mol. The van der Waals surface area contributed by atoms with Gasteiger partial charge in [-0.15, -0.1) is 0 Å². The first-order chi connectivity index (χ1) is 69.7. The van der Waals surface area contributed by atoms with E-state index in [4.69, 9.17) is 0 Å². The van der Waals surface area contributed by atoms with E-state index in [1.165, 1.54) is 0 Å². The summed E-state index contributed by atoms with van der Waals surface area (Å²) in [4.78, 5) is 4.96. The van der Waals surface area contributed by atoms with Gasteiger partial charge in [-0.2, -0.15) is 0 Å². The Kier molecular flexibility index (Phi) is 16.6. The van der Waals surface area contributed by atoms with Crippen LogP contribution in [0.2, 0.25) is 0 Å². The van der Waals surface area contributed by atoms with Crippen molar-refractivity contribution in [2.24, 2.45) is 0 Å². The molecule has 5 heterocycles. The minimum atomic E-state index is -0.874. The van der Waals surface area contributed by atoms with Gasteiger partial charge in [0.15, 0.2) is 0 Å². The summed E-state index contributed by atoms with van der Waals surface area (Å²) in [5, 5.41) is 2.62. The maximum absolute atomic E-state index is 10.9. The molecule has 0 bridgehead atoms. The van der Waals surface area contributed by atoms with Crippen LogP contribution in [0.1, 0.15) is 148 Å². The summed E-state index contributed by atoms with van der Waals surface area (Å²) in [6.45, 7) is 29.5. The van der Waals surface area contributed by atoms with Crippen molar-refractivity contribution >= 4 is 123 Å². The van der Waals surface area contributed by atoms with Crippen LogP contribution in [0.3, 0.4) is 0 Å². The number of rotatable bonds is 12. The molecule has 0 spiro atoms. The van der Waals surface area contributed by atoms with Gasteiger partial charge in [-0.25, -0.2) is 0 Å². The number of aromatic nitrogens is 3. The Morgan fingerprint density at radius 3 is 0.925 bits per heavy atom. The van der Waals surface area contributed by atoms with E-state index in [0.717, 1.165) is 150 Å². The van der Waals surface area contributed by atoms with Crippen molar-refractivity contribution in [2.75, 3.05) is 9.80 Å². The number of anilines is 6. The first-order valence-corrected chi connectivity index (χ1v) is 46.8. The van der Waals surface area contributed by atoms with Crippen LogP contribution in [0.15, 0.2) is 394 Å². The van der Waals surface area contributed by atoms with Crippen LogP contribution in [0.5, 0.6) is 0 Å². The molecule has 0 radical (unpaired) electrons. The fraction of sp³-hybridized carbons (Fsp3) is 0.156. The van der Waals surface area contributed by atoms with Gasteiger partial charge < -0.3 is 23.5 Å². The topological polar surface area (TPSA) is 21.3 Å². The van der Waals surface area contributed by atoms with Crippen molar-refractivity contribution in [1.29, 1.82) is 0 Å². The smallest absolute Gasteiger partial charge is 0.252 e. The average Bonchev–Trinajstić information content (AvgIpc) is 1.67. The van der Waals surface area contributed by atoms with Crippen LogP contribution >= 0.6 is 0 Å². The Labute approximate surface area is 805 Å². The molecule has 21 aromatic rings. The molecule has 5 nitrogen and oxygen atoms in total. The van der Waals surface area contributed by atoms with E-state index in [2.05, 4.69) is 326 Å². The second-order valence-corrected chi connectivity index (χ2v) is 41.5. The summed E-state index contributed by atoms with van der Waals surface area (Å²) in [5.41, 5.74) is 23.7. The molecule has 2 aliphatic rings. The Balaban J connectivity index is 0.954. The normalized spacial score (nSPS) is 14.2. The first kappa shape index (κ1) is 70.8. The summed E-state index contributed by atoms with van der Waals surface area (Å²) in [7, 11) is 0. The molecule has 0 amide bonds. The highest BCUT2D eigenvalue weighted by Crippen LogP contribution is 2.57. The lowest BCUT2D eigenvalue weighted by atomic mass is 9.33. The fourth-order valence-electron chi connectivity index (χ4n) is 20.3. The zero-order chi connectivity index (χ0) is 102. The Hall–Kier alpha value is -15.0. The van der Waals surface area contributed by atoms with Crippen LogP contribution < -0.4 is 26.2 Å². The van der Waals surface area contributed by atoms with Crippen LogP contribution in [-0.2, 0) is 27.1 Å². The summed E-state index contributed by atoms with van der Waals surface area (Å²) in [6, 6.07) is 113. The van der Waals surface area contributed by atoms with E-state index in [9.17, 15) is 16.4 Å². The SMILES string of the molecule is [2H]c1c(C(C)(C)C)c([2H])c2c(c1[2H])c1c([2H])c([2H])c(C(C)(C)C)c([2H])c1n2-c1ccc2c(c1)N(c1c(-c3ccccc3)cccc1-c1ccccc1)c1cc(-c3ccc4c(c3)c3ccccc3n4-c3ccccc3)cc3c1B2c1ccc(-n2c4c([2H])c(C(C)(C)C)c([2H])c([2H])c4c4c([2H])c([2H])c(C(C)(C)C)c([2H])c42)cc1N3c1c(-c2ccc(-c3ccccc3)cc2)cc(C(C)(C)C)cc1-c1ccc(-c2ccccc2)cc1. The number of fused-ring (bicyclic) bond motifs is 13. The molecule has 0 fully saturated rings. The number of nitrogens with zero attached hydrogens (tertiary/aromatic N) is 5. The van der Waals surface area contributed by atoms with Crippen molar-refractivity contribution in [1.82, 2.24) is 13.7 Å². The maximum Gasteiger partial charge on any atom is 0.252 e. The van der Waals surface area contributed by atoms with E-state index in [1.54, 1.807) is 0 Å². The fourth-order valence-corrected chi connectivity index (χ4v) is 20.3. The lowest BCUT2D eigenvalue weighted by molar-refractivity contribution is 0.590. The quantitative estimate of drug-likeness (QED) is 0.114. The van der Waals surface area contributed by atoms with Gasteiger partial charge in [0.25, 0.3) is 6.71 Å². The highest BCUT2D eigenvalue weighted by atomic mass is 15.2. The van der Waals surface area contributed by atoms with Gasteiger partial charge in [0.05, 0.1) is 60.9 Å². The van der Waals surface area contributed by atoms with Crippen LogP contribution in [0.4, 0.5) is 34.1 Å². The van der Waals surface area contributed by atoms with Crippen LogP contribution in [0, 0.1) is 0 Å². The zero-order valence-corrected chi connectivity index (χ0v) is 78.4. The Morgan fingerprint density at radius 2 is 0.530 bits per heavy atom. The summed E-state index contributed by atoms with van der Waals surface area (Å²) < 4.78 is 131. The van der Waals surface area contributed by atoms with Gasteiger partial charge in [0.1, 0.15) is 0 Å². The third-order valence-corrected chi connectivity index (χ3v) is 27.4. The van der Waals surface area contributed by atoms with Gasteiger partial charge in [-0.3, -0.25) is 0 Å². The molecule has 23 rings (SSSR count). The molecule has 0 saturated carbocycles. The summed E-state index contributed by atoms with van der Waals surface area (Å²) >= 11 is 0. The molecule has 134 heavy (non-hydrogen) atoms. The zero-order valence-electron chi connectivity index (χ0n) is 90.4. The third kappa shape index (κ3) is 14.0. The number of hydrogen-bond donors (Lipinski definition) is 0. The van der Waals surface area contributed by atoms with E-state index in [-0.39, 0.29) is 116 Å². The molecule has 0 aliphatic carbocycles. The molecule has 2 aliphatic heterocycles. The van der Waals surface area contributed by atoms with Crippen LogP contribution in [0.25, 0.3) is 160 Å². The van der Waals surface area contributed by atoms with Crippen LogP contribution in [-0.4, -0.2) is 20.4 Å². The molecule has 0 atom stereocenters. The van der Waals surface area contributed by atoms with Gasteiger partial charge in [0.2, 0.25) is 0 Å². The van der Waals surface area contributed by atoms with Gasteiger partial charge in [0, 0.05) is 94.4 Å². The second-order valence-electron chi connectivity index (χ2n) is 41.5. The van der Waals surface area contributed by atoms with Gasteiger partial charge in [-0.1, -0.05) is 395 Å². The van der Waals surface area contributed by atoms with Crippen molar-refractivity contribution in [2.45, 2.75) is 131 Å². The lowest BCUT2D eigenvalue weighted by Gasteiger charge is -2.46. The molecular formula is C128H110BN5. The highest BCUT2D eigenvalue weighted by Gasteiger charge is 2.47. The molecule has 6 heteroatoms. The third-order valence-electron chi connectivity index (χ3n) is 27.4. The molecule has 18 aromatic carbocycles. The van der Waals surface area contributed by atoms with Crippen molar-refractivity contribution in [3.63, 3.8) is 0 Å². The molecule has 650 valence electrons. The minimum Gasteiger partial charge on any atom is -0.310 e. The predicted octanol–water partition coefficient (Wildman–Crippen LogP) is 33.2. The maximum atomic E-state index is 10.9. The van der Waals surface area contributed by atoms with E-state index >= 15 is 0 Å². The minimum absolute atomic E-state index is 0.0300. The lowest BCUT2D eigenvalue weighted by Crippen LogP contribution is -2.61. The van der Waals surface area contributed by atoms with Gasteiger partial charge in [-0.05, 0) is 230 Å². The molecule has 0 unspecified atom stereocenters. The summed E-state index contributed by atoms with van der Waals surface area (Å²) in [6.07, 6.45) is 0. The average molecular weight is 1740 g/mol. The molecule has 0 saturated heterocycles. The summed E-state index contributed by atoms with van der Waals surface area (Å²) in [5.74, 6) is 0. The Morgan fingerprint density at radius 1 is 0.209 bits per heavy atom. The van der Waals surface area contributed by atoms with Crippen molar-refractivity contribution in [3.8, 4) is 95.0 Å². The standard InChI is InChI=1S/C128H110BN5/c1-124(2,3)91-57-63-102-103-64-58-92(125(4,5)6)76-114(103)131(113(102)75-91)97-61-67-109-117(79-97)133(122-99(85-38-25-18-26-39-85)45-33-46-100(122)86-40-27-19-28-41-86)119-71-90(89-56-69-112-108(70-89)101-44-31-32-47-111(101)130(112)96-42-29-20-30-43-96)72-120-121(119)129(109)110-68-62-98(132-115-77-93(126(7,8)9)59-65-104(115)105-66-60-94(78-116(105)132)127(10,11)12)80-118(110)134(120)123-106(87-52-48-83(49-53-87)81-34-21-16-22-35-81)73-95(128(13,14)15)74-107(123)88-54-50-84(51-55-88)82-36-23-17-24-37-82/h16-80H,1-15H3/i57D,58D,59D,60D,63D,64D,65D,66D,75D,76D,77D,78D. The molecule has 3 aromatic heterocycles. The van der Waals surface area contributed by atoms with E-state index in [0.29, 0.717) is 45.0 Å². The largest absolute Gasteiger partial charge is 0.310 e. The van der Waals surface area contributed by atoms with Gasteiger partial charge >= 0.3 is 0 Å². The number of hydrogen-bond acceptors (Lipinski definition) is 2. The van der Waals surface area contributed by atoms with Crippen molar-refractivity contribution < 1.29 is 16.4 Å². The van der Waals surface area contributed by atoms with E-state index in [1.807, 2.05) is 123 Å². The highest BCUT2D eigenvalue weighted by molar-refractivity contribution is 7.00. The van der Waals surface area contributed by atoms with E-state index < -0.39 is 33.8 Å². The van der Waals surface area contributed by atoms with Crippen molar-refractivity contribution in [3.05, 3.63) is 422 Å². The second kappa shape index (κ2) is 31.4. The monoisotopic (exact) mass is 1740 g/mol. The predicted molar refractivity (Wildman–Crippen MR) is 575 cm³/mol. The number of benzene rings is 18. The Bertz CT molecular complexity index is 8710. The number of para-hydroxylation sites is 3. The molecule has 0 N–H and O–H groups in total.